The van der Waals surface area contributed by atoms with Gasteiger partial charge in [0.05, 0.1) is 0 Å². The molecular formula is C20H17FN6O2. The van der Waals surface area contributed by atoms with Crippen molar-refractivity contribution in [2.24, 2.45) is 0 Å². The third kappa shape index (κ3) is 4.29. The van der Waals surface area contributed by atoms with Crippen molar-refractivity contribution in [1.29, 1.82) is 0 Å². The second kappa shape index (κ2) is 7.93. The monoisotopic (exact) mass is 392 g/mol. The number of nitrogens with one attached hydrogen (secondary N) is 2. The highest BCUT2D eigenvalue weighted by Crippen LogP contribution is 2.14. The summed E-state index contributed by atoms with van der Waals surface area (Å²) in [5, 5.41) is 9.88. The van der Waals surface area contributed by atoms with Gasteiger partial charge in [-0.15, -0.1) is 5.10 Å². The van der Waals surface area contributed by atoms with Gasteiger partial charge in [0.2, 0.25) is 5.91 Å². The Bertz CT molecular complexity index is 1200. The van der Waals surface area contributed by atoms with Crippen molar-refractivity contribution in [2.75, 3.05) is 5.32 Å². The van der Waals surface area contributed by atoms with E-state index in [1.165, 1.54) is 22.7 Å². The lowest BCUT2D eigenvalue weighted by Crippen LogP contribution is -2.32. The molecule has 0 aliphatic heterocycles. The normalized spacial score (nSPS) is 10.8. The summed E-state index contributed by atoms with van der Waals surface area (Å²) in [4.78, 5) is 28.9. The van der Waals surface area contributed by atoms with Gasteiger partial charge in [0, 0.05) is 18.4 Å². The molecule has 0 atom stereocenters. The van der Waals surface area contributed by atoms with Crippen molar-refractivity contribution < 1.29 is 9.18 Å². The number of halogens is 1. The van der Waals surface area contributed by atoms with Crippen LogP contribution in [-0.4, -0.2) is 25.1 Å². The van der Waals surface area contributed by atoms with Crippen LogP contribution in [0.3, 0.4) is 0 Å². The summed E-state index contributed by atoms with van der Waals surface area (Å²) >= 11 is 0. The molecule has 9 heteroatoms. The molecule has 4 rings (SSSR count). The number of nitrogens with zero attached hydrogens (tertiary/aromatic N) is 4. The number of anilines is 2. The SMILES string of the molecule is O=C(Cn1nc2nc(Nc3ccc(F)cc3)ccn2c1=O)NCc1ccccc1. The molecule has 4 aromatic rings. The van der Waals surface area contributed by atoms with Crippen LogP contribution >= 0.6 is 0 Å². The molecule has 2 N–H and O–H groups in total. The van der Waals surface area contributed by atoms with Crippen molar-refractivity contribution in [2.45, 2.75) is 13.1 Å². The van der Waals surface area contributed by atoms with E-state index in [0.717, 1.165) is 10.2 Å². The van der Waals surface area contributed by atoms with Crippen LogP contribution in [0.4, 0.5) is 15.9 Å². The number of carbonyl (C=O) groups excluding carboxylic acids is 1. The lowest BCUT2D eigenvalue weighted by atomic mass is 10.2. The molecule has 0 aliphatic carbocycles. The van der Waals surface area contributed by atoms with Gasteiger partial charge >= 0.3 is 5.69 Å². The molecular weight excluding hydrogens is 375 g/mol. The van der Waals surface area contributed by atoms with Crippen LogP contribution in [0.5, 0.6) is 0 Å². The van der Waals surface area contributed by atoms with Crippen molar-refractivity contribution >= 4 is 23.2 Å². The molecule has 2 aromatic heterocycles. The van der Waals surface area contributed by atoms with Gasteiger partial charge in [-0.05, 0) is 35.9 Å². The van der Waals surface area contributed by atoms with Crippen LogP contribution in [-0.2, 0) is 17.9 Å². The van der Waals surface area contributed by atoms with E-state index in [4.69, 9.17) is 0 Å². The lowest BCUT2D eigenvalue weighted by molar-refractivity contribution is -0.122. The Morgan fingerprint density at radius 2 is 1.79 bits per heavy atom. The minimum atomic E-state index is -0.462. The van der Waals surface area contributed by atoms with Crippen molar-refractivity contribution in [1.82, 2.24) is 24.5 Å². The first-order chi connectivity index (χ1) is 14.1. The van der Waals surface area contributed by atoms with Crippen LogP contribution in [0.1, 0.15) is 5.56 Å². The molecule has 0 aliphatic rings. The number of rotatable bonds is 6. The first kappa shape index (κ1) is 18.4. The van der Waals surface area contributed by atoms with Crippen LogP contribution in [0, 0.1) is 5.82 Å². The van der Waals surface area contributed by atoms with E-state index in [2.05, 4.69) is 20.7 Å². The third-order valence-corrected chi connectivity index (χ3v) is 4.20. The highest BCUT2D eigenvalue weighted by atomic mass is 19.1. The van der Waals surface area contributed by atoms with Gasteiger partial charge in [0.1, 0.15) is 18.2 Å². The summed E-state index contributed by atoms with van der Waals surface area (Å²) in [5.74, 6) is -0.0772. The molecule has 0 radical (unpaired) electrons. The molecule has 0 spiro atoms. The number of benzene rings is 2. The Morgan fingerprint density at radius 1 is 1.03 bits per heavy atom. The van der Waals surface area contributed by atoms with Gasteiger partial charge in [-0.1, -0.05) is 30.3 Å². The summed E-state index contributed by atoms with van der Waals surface area (Å²) in [6.07, 6.45) is 1.52. The van der Waals surface area contributed by atoms with Gasteiger partial charge in [-0.25, -0.2) is 18.3 Å². The van der Waals surface area contributed by atoms with Crippen LogP contribution in [0.2, 0.25) is 0 Å². The standard InChI is InChI=1S/C20H17FN6O2/c21-15-6-8-16(9-7-15)23-17-10-11-26-19(24-17)25-27(20(26)29)13-18(28)22-12-14-4-2-1-3-5-14/h1-11H,12-13H2,(H,22,28)(H,23,24,25). The van der Waals surface area contributed by atoms with Gasteiger partial charge in [0.25, 0.3) is 5.78 Å². The highest BCUT2D eigenvalue weighted by molar-refractivity contribution is 5.75. The zero-order valence-electron chi connectivity index (χ0n) is 15.2. The predicted octanol–water partition coefficient (Wildman–Crippen LogP) is 2.09. The quantitative estimate of drug-likeness (QED) is 0.524. The maximum absolute atomic E-state index is 13.0. The lowest BCUT2D eigenvalue weighted by Gasteiger charge is -2.04. The van der Waals surface area contributed by atoms with Gasteiger partial charge in [0.15, 0.2) is 0 Å². The first-order valence-electron chi connectivity index (χ1n) is 8.88. The van der Waals surface area contributed by atoms with E-state index in [9.17, 15) is 14.0 Å². The fourth-order valence-corrected chi connectivity index (χ4v) is 2.75. The van der Waals surface area contributed by atoms with E-state index in [0.29, 0.717) is 18.1 Å². The van der Waals surface area contributed by atoms with Gasteiger partial charge < -0.3 is 10.6 Å². The molecule has 8 nitrogen and oxygen atoms in total. The number of carbonyl (C=O) groups is 1. The Morgan fingerprint density at radius 3 is 2.55 bits per heavy atom. The zero-order valence-corrected chi connectivity index (χ0v) is 15.2. The van der Waals surface area contributed by atoms with E-state index in [-0.39, 0.29) is 24.0 Å². The Labute approximate surface area is 164 Å². The Hall–Kier alpha value is -4.01. The zero-order chi connectivity index (χ0) is 20.2. The van der Waals surface area contributed by atoms with Crippen molar-refractivity contribution in [3.8, 4) is 0 Å². The average molecular weight is 392 g/mol. The van der Waals surface area contributed by atoms with E-state index < -0.39 is 5.69 Å². The number of amides is 1. The van der Waals surface area contributed by atoms with Crippen LogP contribution in [0.25, 0.3) is 5.78 Å². The third-order valence-electron chi connectivity index (χ3n) is 4.20. The van der Waals surface area contributed by atoms with Gasteiger partial charge in [-0.3, -0.25) is 4.79 Å². The van der Waals surface area contributed by atoms with E-state index >= 15 is 0 Å². The van der Waals surface area contributed by atoms with E-state index in [1.54, 1.807) is 18.2 Å². The fraction of sp³-hybridized carbons (Fsp3) is 0.100. The smallest absolute Gasteiger partial charge is 0.350 e. The second-order valence-electron chi connectivity index (χ2n) is 6.32. The van der Waals surface area contributed by atoms with E-state index in [1.807, 2.05) is 30.3 Å². The minimum absolute atomic E-state index is 0.151. The van der Waals surface area contributed by atoms with Crippen molar-refractivity contribution in [3.63, 3.8) is 0 Å². The highest BCUT2D eigenvalue weighted by Gasteiger charge is 2.12. The first-order valence-corrected chi connectivity index (χ1v) is 8.88. The molecule has 2 heterocycles. The Balaban J connectivity index is 1.47. The summed E-state index contributed by atoms with van der Waals surface area (Å²) in [5.41, 5.74) is 1.14. The number of fused-ring (bicyclic) bond motifs is 1. The summed E-state index contributed by atoms with van der Waals surface area (Å²) < 4.78 is 15.3. The fourth-order valence-electron chi connectivity index (χ4n) is 2.75. The molecule has 29 heavy (non-hydrogen) atoms. The topological polar surface area (TPSA) is 93.3 Å². The van der Waals surface area contributed by atoms with Crippen molar-refractivity contribution in [3.05, 3.63) is 88.7 Å². The number of hydrogen-bond donors (Lipinski definition) is 2. The predicted molar refractivity (Wildman–Crippen MR) is 105 cm³/mol. The molecule has 0 unspecified atom stereocenters. The van der Waals surface area contributed by atoms with Crippen LogP contribution in [0.15, 0.2) is 71.7 Å². The minimum Gasteiger partial charge on any atom is -0.350 e. The maximum Gasteiger partial charge on any atom is 0.352 e. The molecule has 2 aromatic carbocycles. The maximum atomic E-state index is 13.0. The average Bonchev–Trinajstić information content (AvgIpc) is 3.04. The number of aromatic nitrogens is 4. The summed E-state index contributed by atoms with van der Waals surface area (Å²) in [6, 6.07) is 16.9. The molecule has 0 bridgehead atoms. The molecule has 1 amide bonds. The summed E-state index contributed by atoms with van der Waals surface area (Å²) in [7, 11) is 0. The second-order valence-corrected chi connectivity index (χ2v) is 6.32. The number of hydrogen-bond acceptors (Lipinski definition) is 5. The summed E-state index contributed by atoms with van der Waals surface area (Å²) in [6.45, 7) is 0.154. The Kier molecular flexibility index (Phi) is 5.02. The van der Waals surface area contributed by atoms with Gasteiger partial charge in [-0.2, -0.15) is 4.98 Å². The molecule has 0 fully saturated rings. The van der Waals surface area contributed by atoms with Crippen LogP contribution < -0.4 is 16.3 Å². The largest absolute Gasteiger partial charge is 0.352 e. The molecule has 0 saturated carbocycles. The molecule has 0 saturated heterocycles. The molecule has 146 valence electrons.